The summed E-state index contributed by atoms with van der Waals surface area (Å²) in [5, 5.41) is 3.46. The van der Waals surface area contributed by atoms with Gasteiger partial charge in [0.05, 0.1) is 0 Å². The molecule has 1 heterocycles. The molecule has 2 nitrogen and oxygen atoms in total. The number of nitrogens with zero attached hydrogens (tertiary/aromatic N) is 1. The van der Waals surface area contributed by atoms with Gasteiger partial charge in [0.15, 0.2) is 0 Å². The maximum Gasteiger partial charge on any atom is 0.0239 e. The van der Waals surface area contributed by atoms with Gasteiger partial charge in [-0.15, -0.1) is 0 Å². The normalized spacial score (nSPS) is 20.1. The Morgan fingerprint density at radius 1 is 1.24 bits per heavy atom. The van der Waals surface area contributed by atoms with Crippen LogP contribution in [0.15, 0.2) is 24.3 Å². The highest BCUT2D eigenvalue weighted by molar-refractivity contribution is 5.27. The van der Waals surface area contributed by atoms with Crippen LogP contribution in [0.5, 0.6) is 0 Å². The summed E-state index contributed by atoms with van der Waals surface area (Å²) in [6.45, 7) is 9.09. The summed E-state index contributed by atoms with van der Waals surface area (Å²) >= 11 is 0. The molecule has 0 aromatic heterocycles. The molecule has 1 saturated heterocycles. The SMILES string of the molecule is CCc1ccccc1CN(CC)C1CCNC1. The Hall–Kier alpha value is -0.860. The Balaban J connectivity index is 2.06. The lowest BCUT2D eigenvalue weighted by Crippen LogP contribution is -2.36. The molecule has 0 bridgehead atoms. The second-order valence-corrected chi connectivity index (χ2v) is 4.83. The van der Waals surface area contributed by atoms with Gasteiger partial charge in [0.25, 0.3) is 0 Å². The summed E-state index contributed by atoms with van der Waals surface area (Å²) in [5.74, 6) is 0. The Morgan fingerprint density at radius 3 is 2.59 bits per heavy atom. The average molecular weight is 232 g/mol. The lowest BCUT2D eigenvalue weighted by molar-refractivity contribution is 0.210. The number of hydrogen-bond acceptors (Lipinski definition) is 2. The van der Waals surface area contributed by atoms with E-state index in [0.29, 0.717) is 0 Å². The highest BCUT2D eigenvalue weighted by atomic mass is 15.2. The van der Waals surface area contributed by atoms with Crippen molar-refractivity contribution in [2.24, 2.45) is 0 Å². The standard InChI is InChI=1S/C15H24N2/c1-3-13-7-5-6-8-14(13)12-17(4-2)15-9-10-16-11-15/h5-8,15-16H,3-4,9-12H2,1-2H3. The zero-order valence-electron chi connectivity index (χ0n) is 11.1. The molecule has 1 fully saturated rings. The third-order valence-electron chi connectivity index (χ3n) is 3.83. The van der Waals surface area contributed by atoms with Gasteiger partial charge in [-0.25, -0.2) is 0 Å². The number of hydrogen-bond donors (Lipinski definition) is 1. The number of rotatable bonds is 5. The highest BCUT2D eigenvalue weighted by Gasteiger charge is 2.21. The molecule has 94 valence electrons. The predicted octanol–water partition coefficient (Wildman–Crippen LogP) is 2.43. The van der Waals surface area contributed by atoms with Gasteiger partial charge in [-0.05, 0) is 37.1 Å². The van der Waals surface area contributed by atoms with E-state index in [1.807, 2.05) is 0 Å². The van der Waals surface area contributed by atoms with Gasteiger partial charge in [0, 0.05) is 19.1 Å². The summed E-state index contributed by atoms with van der Waals surface area (Å²) in [6.07, 6.45) is 2.43. The summed E-state index contributed by atoms with van der Waals surface area (Å²) < 4.78 is 0. The lowest BCUT2D eigenvalue weighted by atomic mass is 10.0. The minimum Gasteiger partial charge on any atom is -0.315 e. The van der Waals surface area contributed by atoms with Gasteiger partial charge in [-0.2, -0.15) is 0 Å². The zero-order chi connectivity index (χ0) is 12.1. The molecule has 0 radical (unpaired) electrons. The first kappa shape index (κ1) is 12.6. The maximum absolute atomic E-state index is 3.46. The molecule has 0 aliphatic carbocycles. The number of nitrogens with one attached hydrogen (secondary N) is 1. The van der Waals surface area contributed by atoms with Gasteiger partial charge in [0.1, 0.15) is 0 Å². The van der Waals surface area contributed by atoms with Crippen LogP contribution >= 0.6 is 0 Å². The van der Waals surface area contributed by atoms with Gasteiger partial charge in [0.2, 0.25) is 0 Å². The monoisotopic (exact) mass is 232 g/mol. The average Bonchev–Trinajstić information content (AvgIpc) is 2.90. The van der Waals surface area contributed by atoms with E-state index < -0.39 is 0 Å². The van der Waals surface area contributed by atoms with Crippen molar-refractivity contribution in [3.63, 3.8) is 0 Å². The third-order valence-corrected chi connectivity index (χ3v) is 3.83. The molecule has 1 N–H and O–H groups in total. The van der Waals surface area contributed by atoms with E-state index >= 15 is 0 Å². The first-order valence-electron chi connectivity index (χ1n) is 6.86. The minimum absolute atomic E-state index is 0.727. The van der Waals surface area contributed by atoms with Crippen molar-refractivity contribution in [1.29, 1.82) is 0 Å². The van der Waals surface area contributed by atoms with Crippen molar-refractivity contribution < 1.29 is 0 Å². The molecular weight excluding hydrogens is 208 g/mol. The van der Waals surface area contributed by atoms with Crippen LogP contribution in [0.1, 0.15) is 31.4 Å². The molecule has 1 aromatic carbocycles. The van der Waals surface area contributed by atoms with Gasteiger partial charge < -0.3 is 5.32 Å². The van der Waals surface area contributed by atoms with Crippen LogP contribution in [-0.4, -0.2) is 30.6 Å². The Kier molecular flexibility index (Phi) is 4.57. The molecule has 0 spiro atoms. The molecule has 0 amide bonds. The molecule has 2 heteroatoms. The first-order valence-corrected chi connectivity index (χ1v) is 6.86. The molecular formula is C15H24N2. The van der Waals surface area contributed by atoms with E-state index in [1.165, 1.54) is 24.1 Å². The van der Waals surface area contributed by atoms with Gasteiger partial charge in [-0.3, -0.25) is 4.90 Å². The Morgan fingerprint density at radius 2 is 2.00 bits per heavy atom. The zero-order valence-corrected chi connectivity index (χ0v) is 11.1. The molecule has 1 aliphatic rings. The lowest BCUT2D eigenvalue weighted by Gasteiger charge is -2.27. The molecule has 1 aromatic rings. The first-order chi connectivity index (χ1) is 8.35. The minimum atomic E-state index is 0.727. The summed E-state index contributed by atoms with van der Waals surface area (Å²) in [7, 11) is 0. The fraction of sp³-hybridized carbons (Fsp3) is 0.600. The van der Waals surface area contributed by atoms with Crippen LogP contribution in [-0.2, 0) is 13.0 Å². The van der Waals surface area contributed by atoms with Crippen molar-refractivity contribution in [1.82, 2.24) is 10.2 Å². The van der Waals surface area contributed by atoms with E-state index in [4.69, 9.17) is 0 Å². The van der Waals surface area contributed by atoms with Crippen molar-refractivity contribution in [3.05, 3.63) is 35.4 Å². The Labute approximate surface area is 105 Å². The van der Waals surface area contributed by atoms with Gasteiger partial charge in [-0.1, -0.05) is 38.1 Å². The van der Waals surface area contributed by atoms with Crippen molar-refractivity contribution in [3.8, 4) is 0 Å². The largest absolute Gasteiger partial charge is 0.315 e. The second-order valence-electron chi connectivity index (χ2n) is 4.83. The molecule has 1 aliphatic heterocycles. The van der Waals surface area contributed by atoms with Crippen LogP contribution < -0.4 is 5.32 Å². The van der Waals surface area contributed by atoms with E-state index in [9.17, 15) is 0 Å². The molecule has 1 atom stereocenters. The van der Waals surface area contributed by atoms with E-state index in [1.54, 1.807) is 0 Å². The van der Waals surface area contributed by atoms with E-state index in [2.05, 4.69) is 48.3 Å². The van der Waals surface area contributed by atoms with Crippen molar-refractivity contribution >= 4 is 0 Å². The fourth-order valence-corrected chi connectivity index (χ4v) is 2.73. The van der Waals surface area contributed by atoms with Gasteiger partial charge >= 0.3 is 0 Å². The number of likely N-dealkylation sites (N-methyl/N-ethyl adjacent to an activating group) is 1. The summed E-state index contributed by atoms with van der Waals surface area (Å²) in [5.41, 5.74) is 3.00. The van der Waals surface area contributed by atoms with Crippen LogP contribution in [0.4, 0.5) is 0 Å². The smallest absolute Gasteiger partial charge is 0.0239 e. The number of benzene rings is 1. The second kappa shape index (κ2) is 6.18. The summed E-state index contributed by atoms with van der Waals surface area (Å²) in [6, 6.07) is 9.58. The third kappa shape index (κ3) is 3.08. The maximum atomic E-state index is 3.46. The van der Waals surface area contributed by atoms with E-state index in [0.717, 1.165) is 32.1 Å². The Bertz CT molecular complexity index is 343. The van der Waals surface area contributed by atoms with Crippen LogP contribution in [0.25, 0.3) is 0 Å². The molecule has 2 rings (SSSR count). The molecule has 17 heavy (non-hydrogen) atoms. The topological polar surface area (TPSA) is 15.3 Å². The van der Waals surface area contributed by atoms with Crippen LogP contribution in [0.3, 0.4) is 0 Å². The number of aryl methyl sites for hydroxylation is 1. The highest BCUT2D eigenvalue weighted by Crippen LogP contribution is 2.16. The fourth-order valence-electron chi connectivity index (χ4n) is 2.73. The predicted molar refractivity (Wildman–Crippen MR) is 73.2 cm³/mol. The summed E-state index contributed by atoms with van der Waals surface area (Å²) in [4.78, 5) is 2.61. The van der Waals surface area contributed by atoms with Crippen molar-refractivity contribution in [2.75, 3.05) is 19.6 Å². The van der Waals surface area contributed by atoms with E-state index in [-0.39, 0.29) is 0 Å². The van der Waals surface area contributed by atoms with Crippen molar-refractivity contribution in [2.45, 2.75) is 39.3 Å². The molecule has 1 unspecified atom stereocenters. The van der Waals surface area contributed by atoms with Crippen LogP contribution in [0, 0.1) is 0 Å². The quantitative estimate of drug-likeness (QED) is 0.839. The molecule has 0 saturated carbocycles. The van der Waals surface area contributed by atoms with Crippen LogP contribution in [0.2, 0.25) is 0 Å².